The first-order valence-electron chi connectivity index (χ1n) is 13.6. The molecule has 40 heavy (non-hydrogen) atoms. The van der Waals surface area contributed by atoms with Crippen molar-refractivity contribution >= 4 is 27.5 Å². The molecule has 2 atom stereocenters. The average molecular weight is 549 g/mol. The quantitative estimate of drug-likeness (QED) is 0.276. The molecule has 11 heteroatoms. The van der Waals surface area contributed by atoms with Crippen LogP contribution < -0.4 is 15.4 Å². The smallest absolute Gasteiger partial charge is 0.319 e. The molecule has 0 aliphatic carbocycles. The van der Waals surface area contributed by atoms with Gasteiger partial charge in [-0.1, -0.05) is 24.3 Å². The molecule has 2 aromatic carbocycles. The second-order valence-electron chi connectivity index (χ2n) is 11.3. The molecule has 0 spiro atoms. The van der Waals surface area contributed by atoms with Crippen molar-refractivity contribution in [2.45, 2.75) is 36.6 Å². The SMILES string of the molecule is Oc1cc(-c2ncc3c(NCC4(O)CNC4)nc(OCC45CCCN4C[C@H](F)C5)nc3c2F)c2ccccc2c1. The molecule has 0 bridgehead atoms. The van der Waals surface area contributed by atoms with Gasteiger partial charge in [-0.3, -0.25) is 9.88 Å². The van der Waals surface area contributed by atoms with E-state index < -0.39 is 23.1 Å². The number of phenolic OH excluding ortho intramolecular Hbond substituents is 1. The van der Waals surface area contributed by atoms with E-state index in [0.717, 1.165) is 30.2 Å². The number of phenols is 1. The van der Waals surface area contributed by atoms with E-state index >= 15 is 4.39 Å². The summed E-state index contributed by atoms with van der Waals surface area (Å²) in [7, 11) is 0. The molecule has 3 aliphatic heterocycles. The molecule has 5 heterocycles. The number of nitrogens with zero attached hydrogens (tertiary/aromatic N) is 4. The Morgan fingerprint density at radius 1 is 1.18 bits per heavy atom. The summed E-state index contributed by atoms with van der Waals surface area (Å²) in [5.41, 5.74) is -0.900. The van der Waals surface area contributed by atoms with Crippen molar-refractivity contribution in [1.82, 2.24) is 25.2 Å². The first kappa shape index (κ1) is 25.3. The van der Waals surface area contributed by atoms with Gasteiger partial charge in [0.1, 0.15) is 41.2 Å². The molecule has 208 valence electrons. The molecule has 0 saturated carbocycles. The van der Waals surface area contributed by atoms with Crippen LogP contribution in [0.4, 0.5) is 14.6 Å². The monoisotopic (exact) mass is 548 g/mol. The van der Waals surface area contributed by atoms with Gasteiger partial charge in [-0.15, -0.1) is 0 Å². The fraction of sp³-hybridized carbons (Fsp3) is 0.414. The van der Waals surface area contributed by atoms with E-state index in [1.54, 1.807) is 6.07 Å². The number of nitrogens with one attached hydrogen (secondary N) is 2. The largest absolute Gasteiger partial charge is 0.508 e. The molecule has 4 N–H and O–H groups in total. The van der Waals surface area contributed by atoms with E-state index in [9.17, 15) is 14.6 Å². The number of aliphatic hydroxyl groups is 1. The molecule has 3 fully saturated rings. The highest BCUT2D eigenvalue weighted by Crippen LogP contribution is 2.41. The van der Waals surface area contributed by atoms with E-state index in [1.165, 1.54) is 12.3 Å². The maximum Gasteiger partial charge on any atom is 0.319 e. The van der Waals surface area contributed by atoms with Gasteiger partial charge < -0.3 is 25.6 Å². The van der Waals surface area contributed by atoms with Gasteiger partial charge in [-0.2, -0.15) is 9.97 Å². The lowest BCUT2D eigenvalue weighted by atomic mass is 9.95. The normalized spacial score (nSPS) is 23.8. The van der Waals surface area contributed by atoms with Crippen LogP contribution in [0.1, 0.15) is 19.3 Å². The summed E-state index contributed by atoms with van der Waals surface area (Å²) < 4.78 is 36.7. The van der Waals surface area contributed by atoms with Crippen LogP contribution >= 0.6 is 0 Å². The Labute approximate surface area is 229 Å². The zero-order chi connectivity index (χ0) is 27.5. The number of β-amino-alcohol motifs (C(OH)–C–C–N with tert-alkyl or cyclic N) is 1. The molecule has 3 aliphatic rings. The summed E-state index contributed by atoms with van der Waals surface area (Å²) in [5, 5.41) is 28.9. The molecule has 0 amide bonds. The molecule has 3 saturated heterocycles. The molecule has 7 rings (SSSR count). The van der Waals surface area contributed by atoms with E-state index in [0.29, 0.717) is 37.0 Å². The van der Waals surface area contributed by atoms with Crippen molar-refractivity contribution < 1.29 is 23.7 Å². The van der Waals surface area contributed by atoms with Crippen LogP contribution in [0.25, 0.3) is 32.9 Å². The van der Waals surface area contributed by atoms with Crippen molar-refractivity contribution in [3.05, 3.63) is 48.4 Å². The first-order valence-corrected chi connectivity index (χ1v) is 13.6. The highest BCUT2D eigenvalue weighted by Gasteiger charge is 2.49. The number of ether oxygens (including phenoxy) is 1. The van der Waals surface area contributed by atoms with Gasteiger partial charge in [0.25, 0.3) is 0 Å². The molecule has 0 radical (unpaired) electrons. The second kappa shape index (κ2) is 9.46. The number of fused-ring (bicyclic) bond motifs is 3. The Morgan fingerprint density at radius 3 is 2.85 bits per heavy atom. The van der Waals surface area contributed by atoms with Crippen molar-refractivity contribution in [2.24, 2.45) is 0 Å². The van der Waals surface area contributed by atoms with E-state index in [-0.39, 0.29) is 41.9 Å². The number of hydrogen-bond donors (Lipinski definition) is 4. The zero-order valence-electron chi connectivity index (χ0n) is 21.8. The Hall–Kier alpha value is -3.67. The van der Waals surface area contributed by atoms with Gasteiger partial charge in [-0.25, -0.2) is 8.78 Å². The standard InChI is InChI=1S/C29H30F2N6O3/c30-18-10-28(6-3-7-37(28)12-18)16-40-27-35-25-22(26(36-27)34-15-29(39)13-32-14-29)11-33-24(23(25)31)21-9-19(38)8-17-4-1-2-5-20(17)21/h1-2,4-5,8-9,11,18,32,38-39H,3,6-7,10,12-16H2,(H,34,35,36)/t18-,28?/m1/s1. The van der Waals surface area contributed by atoms with Gasteiger partial charge in [0, 0.05) is 44.4 Å². The third-order valence-corrected chi connectivity index (χ3v) is 8.49. The predicted octanol–water partition coefficient (Wildman–Crippen LogP) is 3.39. The highest BCUT2D eigenvalue weighted by atomic mass is 19.1. The first-order chi connectivity index (χ1) is 19.3. The maximum atomic E-state index is 16.3. The summed E-state index contributed by atoms with van der Waals surface area (Å²) in [5.74, 6) is -0.401. The molecule has 2 aromatic heterocycles. The Balaban J connectivity index is 1.30. The van der Waals surface area contributed by atoms with Crippen LogP contribution in [0.3, 0.4) is 0 Å². The van der Waals surface area contributed by atoms with Gasteiger partial charge in [0.05, 0.1) is 10.9 Å². The number of benzene rings is 2. The minimum atomic E-state index is -0.950. The summed E-state index contributed by atoms with van der Waals surface area (Å²) in [6, 6.07) is 10.4. The highest BCUT2D eigenvalue weighted by molar-refractivity contribution is 5.99. The summed E-state index contributed by atoms with van der Waals surface area (Å²) in [6.07, 6.45) is 2.76. The van der Waals surface area contributed by atoms with Crippen LogP contribution in [0, 0.1) is 5.82 Å². The summed E-state index contributed by atoms with van der Waals surface area (Å²) in [6.45, 7) is 2.45. The van der Waals surface area contributed by atoms with Crippen molar-refractivity contribution in [1.29, 1.82) is 0 Å². The maximum absolute atomic E-state index is 16.3. The third kappa shape index (κ3) is 4.29. The topological polar surface area (TPSA) is 116 Å². The lowest BCUT2D eigenvalue weighted by Crippen LogP contribution is -2.63. The Kier molecular flexibility index (Phi) is 5.99. The zero-order valence-corrected chi connectivity index (χ0v) is 21.8. The number of rotatable bonds is 7. The van der Waals surface area contributed by atoms with Gasteiger partial charge in [0.15, 0.2) is 5.82 Å². The van der Waals surface area contributed by atoms with Crippen LogP contribution in [0.15, 0.2) is 42.6 Å². The minimum absolute atomic E-state index is 0.000726. The fourth-order valence-electron chi connectivity index (χ4n) is 6.35. The van der Waals surface area contributed by atoms with Gasteiger partial charge in [-0.05, 0) is 42.3 Å². The van der Waals surface area contributed by atoms with Crippen LogP contribution in [0.2, 0.25) is 0 Å². The number of alkyl halides is 1. The van der Waals surface area contributed by atoms with Crippen molar-refractivity contribution in [3.8, 4) is 23.0 Å². The number of aromatic hydroxyl groups is 1. The summed E-state index contributed by atoms with van der Waals surface area (Å²) in [4.78, 5) is 15.5. The molecule has 9 nitrogen and oxygen atoms in total. The third-order valence-electron chi connectivity index (χ3n) is 8.49. The van der Waals surface area contributed by atoms with Crippen molar-refractivity contribution in [3.63, 3.8) is 0 Å². The number of aromatic nitrogens is 3. The molecular formula is C29H30F2N6O3. The van der Waals surface area contributed by atoms with E-state index in [4.69, 9.17) is 4.74 Å². The predicted molar refractivity (Wildman–Crippen MR) is 147 cm³/mol. The minimum Gasteiger partial charge on any atom is -0.508 e. The number of anilines is 1. The van der Waals surface area contributed by atoms with E-state index in [1.807, 2.05) is 24.3 Å². The fourth-order valence-corrected chi connectivity index (χ4v) is 6.35. The van der Waals surface area contributed by atoms with Gasteiger partial charge in [0.2, 0.25) is 0 Å². The lowest BCUT2D eigenvalue weighted by molar-refractivity contribution is 0.00307. The lowest BCUT2D eigenvalue weighted by Gasteiger charge is -2.37. The second-order valence-corrected chi connectivity index (χ2v) is 11.3. The Morgan fingerprint density at radius 2 is 2.02 bits per heavy atom. The Bertz CT molecular complexity index is 1620. The van der Waals surface area contributed by atoms with Crippen LogP contribution in [-0.4, -0.2) is 86.7 Å². The van der Waals surface area contributed by atoms with Crippen LogP contribution in [-0.2, 0) is 0 Å². The molecule has 4 aromatic rings. The molecular weight excluding hydrogens is 518 g/mol. The van der Waals surface area contributed by atoms with Crippen molar-refractivity contribution in [2.75, 3.05) is 44.6 Å². The average Bonchev–Trinajstić information content (AvgIpc) is 3.45. The van der Waals surface area contributed by atoms with Crippen LogP contribution in [0.5, 0.6) is 11.8 Å². The van der Waals surface area contributed by atoms with Gasteiger partial charge >= 0.3 is 6.01 Å². The summed E-state index contributed by atoms with van der Waals surface area (Å²) >= 11 is 0. The number of pyridine rings is 1. The number of halogens is 2. The molecule has 1 unspecified atom stereocenters. The number of hydrogen-bond acceptors (Lipinski definition) is 9. The van der Waals surface area contributed by atoms with E-state index in [2.05, 4.69) is 30.5 Å².